The second kappa shape index (κ2) is 8.14. The van der Waals surface area contributed by atoms with Gasteiger partial charge in [0, 0.05) is 43.6 Å². The van der Waals surface area contributed by atoms with Crippen LogP contribution in [0.2, 0.25) is 0 Å². The Bertz CT molecular complexity index is 633. The normalized spacial score (nSPS) is 20.2. The van der Waals surface area contributed by atoms with Crippen LogP contribution in [0.4, 0.5) is 0 Å². The zero-order valence-electron chi connectivity index (χ0n) is 13.8. The van der Waals surface area contributed by atoms with Gasteiger partial charge in [-0.1, -0.05) is 12.1 Å². The Hall–Kier alpha value is -2.09. The molecule has 7 nitrogen and oxygen atoms in total. The number of imidazole rings is 1. The molecular formula is C17H24N4O3. The molecule has 1 fully saturated rings. The van der Waals surface area contributed by atoms with Crippen molar-refractivity contribution in [3.63, 3.8) is 0 Å². The number of methoxy groups -OCH3 is 1. The summed E-state index contributed by atoms with van der Waals surface area (Å²) in [5.41, 5.74) is 1.01. The molecule has 0 spiro atoms. The smallest absolute Gasteiger partial charge is 0.165 e. The molecule has 24 heavy (non-hydrogen) atoms. The van der Waals surface area contributed by atoms with E-state index in [2.05, 4.69) is 15.6 Å². The second-order valence-electron chi connectivity index (χ2n) is 5.81. The summed E-state index contributed by atoms with van der Waals surface area (Å²) in [6.07, 6.45) is 5.06. The van der Waals surface area contributed by atoms with Gasteiger partial charge in [-0.25, -0.2) is 4.98 Å². The summed E-state index contributed by atoms with van der Waals surface area (Å²) in [5.74, 6) is 1.46. The van der Waals surface area contributed by atoms with Gasteiger partial charge in [0.2, 0.25) is 0 Å². The standard InChI is InChI=1S/C17H24N4O3/c1-23-16-4-2-3-13(9-20-14-10-19-11-15(14)22)17(16)24-8-7-21-6-5-18-12-21/h2-6,12,14-15,19-20,22H,7-11H2,1H3/t14-,15-/m1/s1. The van der Waals surface area contributed by atoms with E-state index in [4.69, 9.17) is 9.47 Å². The van der Waals surface area contributed by atoms with Gasteiger partial charge in [0.05, 0.1) is 26.1 Å². The zero-order valence-corrected chi connectivity index (χ0v) is 13.8. The number of ether oxygens (including phenoxy) is 2. The van der Waals surface area contributed by atoms with E-state index in [0.29, 0.717) is 25.4 Å². The van der Waals surface area contributed by atoms with E-state index < -0.39 is 0 Å². The maximum absolute atomic E-state index is 9.89. The Morgan fingerprint density at radius 2 is 2.33 bits per heavy atom. The molecule has 7 heteroatoms. The maximum Gasteiger partial charge on any atom is 0.165 e. The lowest BCUT2D eigenvalue weighted by Crippen LogP contribution is -2.38. The van der Waals surface area contributed by atoms with Crippen molar-refractivity contribution in [3.05, 3.63) is 42.5 Å². The summed E-state index contributed by atoms with van der Waals surface area (Å²) in [4.78, 5) is 4.02. The van der Waals surface area contributed by atoms with Gasteiger partial charge in [-0.3, -0.25) is 0 Å². The van der Waals surface area contributed by atoms with Crippen LogP contribution in [0.5, 0.6) is 11.5 Å². The van der Waals surface area contributed by atoms with Gasteiger partial charge in [0.1, 0.15) is 6.61 Å². The molecule has 0 unspecified atom stereocenters. The number of benzene rings is 1. The minimum Gasteiger partial charge on any atom is -0.493 e. The minimum atomic E-state index is -0.360. The summed E-state index contributed by atoms with van der Waals surface area (Å²) >= 11 is 0. The van der Waals surface area contributed by atoms with E-state index in [-0.39, 0.29) is 12.1 Å². The number of aromatic nitrogens is 2. The number of hydrogen-bond donors (Lipinski definition) is 3. The lowest BCUT2D eigenvalue weighted by molar-refractivity contribution is 0.162. The number of nitrogens with one attached hydrogen (secondary N) is 2. The van der Waals surface area contributed by atoms with Crippen LogP contribution >= 0.6 is 0 Å². The van der Waals surface area contributed by atoms with E-state index in [0.717, 1.165) is 24.4 Å². The summed E-state index contributed by atoms with van der Waals surface area (Å²) in [5, 5.41) is 16.4. The largest absolute Gasteiger partial charge is 0.493 e. The maximum atomic E-state index is 9.89. The Balaban J connectivity index is 1.63. The monoisotopic (exact) mass is 332 g/mol. The van der Waals surface area contributed by atoms with Crippen molar-refractivity contribution >= 4 is 0 Å². The first-order valence-electron chi connectivity index (χ1n) is 8.14. The molecule has 0 radical (unpaired) electrons. The van der Waals surface area contributed by atoms with Crippen molar-refractivity contribution in [2.24, 2.45) is 0 Å². The molecular weight excluding hydrogens is 308 g/mol. The van der Waals surface area contributed by atoms with Crippen LogP contribution in [0.1, 0.15) is 5.56 Å². The average Bonchev–Trinajstić information content (AvgIpc) is 3.25. The highest BCUT2D eigenvalue weighted by Gasteiger charge is 2.24. The topological polar surface area (TPSA) is 80.6 Å². The van der Waals surface area contributed by atoms with Crippen molar-refractivity contribution < 1.29 is 14.6 Å². The van der Waals surface area contributed by atoms with Crippen LogP contribution in [-0.4, -0.2) is 53.6 Å². The molecule has 3 rings (SSSR count). The van der Waals surface area contributed by atoms with E-state index >= 15 is 0 Å². The van der Waals surface area contributed by atoms with Crippen LogP contribution in [0, 0.1) is 0 Å². The quantitative estimate of drug-likeness (QED) is 0.649. The third-order valence-corrected chi connectivity index (χ3v) is 4.17. The number of nitrogens with zero attached hydrogens (tertiary/aromatic N) is 2. The molecule has 2 heterocycles. The summed E-state index contributed by atoms with van der Waals surface area (Å²) < 4.78 is 13.4. The number of hydrogen-bond acceptors (Lipinski definition) is 6. The van der Waals surface area contributed by atoms with Gasteiger partial charge in [0.25, 0.3) is 0 Å². The lowest BCUT2D eigenvalue weighted by Gasteiger charge is -2.19. The van der Waals surface area contributed by atoms with Gasteiger partial charge < -0.3 is 29.8 Å². The van der Waals surface area contributed by atoms with Crippen LogP contribution < -0.4 is 20.1 Å². The first-order chi connectivity index (χ1) is 11.8. The molecule has 1 aromatic heterocycles. The molecule has 0 bridgehead atoms. The van der Waals surface area contributed by atoms with Gasteiger partial charge in [-0.15, -0.1) is 0 Å². The molecule has 1 aliphatic rings. The second-order valence-corrected chi connectivity index (χ2v) is 5.81. The Morgan fingerprint density at radius 1 is 1.42 bits per heavy atom. The van der Waals surface area contributed by atoms with Crippen molar-refractivity contribution in [2.45, 2.75) is 25.2 Å². The Morgan fingerprint density at radius 3 is 3.04 bits per heavy atom. The molecule has 1 aliphatic heterocycles. The zero-order chi connectivity index (χ0) is 16.8. The third kappa shape index (κ3) is 4.05. The van der Waals surface area contributed by atoms with Crippen LogP contribution in [0.15, 0.2) is 36.9 Å². The first-order valence-corrected chi connectivity index (χ1v) is 8.14. The highest BCUT2D eigenvalue weighted by Crippen LogP contribution is 2.31. The molecule has 2 atom stereocenters. The van der Waals surface area contributed by atoms with Gasteiger partial charge in [-0.05, 0) is 6.07 Å². The Kier molecular flexibility index (Phi) is 5.68. The van der Waals surface area contributed by atoms with Crippen LogP contribution in [-0.2, 0) is 13.1 Å². The molecule has 130 valence electrons. The number of para-hydroxylation sites is 1. The molecule has 3 N–H and O–H groups in total. The van der Waals surface area contributed by atoms with Crippen molar-refractivity contribution in [1.29, 1.82) is 0 Å². The SMILES string of the molecule is COc1cccc(CN[C@@H]2CNC[C@H]2O)c1OCCn1ccnc1. The fraction of sp³-hybridized carbons (Fsp3) is 0.471. The van der Waals surface area contributed by atoms with E-state index in [1.807, 2.05) is 29.0 Å². The fourth-order valence-electron chi connectivity index (χ4n) is 2.81. The van der Waals surface area contributed by atoms with Crippen molar-refractivity contribution in [1.82, 2.24) is 20.2 Å². The van der Waals surface area contributed by atoms with E-state index in [1.165, 1.54) is 0 Å². The molecule has 2 aromatic rings. The first kappa shape index (κ1) is 16.8. The highest BCUT2D eigenvalue weighted by molar-refractivity contribution is 5.46. The van der Waals surface area contributed by atoms with Crippen LogP contribution in [0.25, 0.3) is 0 Å². The number of β-amino-alcohol motifs (C(OH)–C–C–N with tert-alkyl or cyclic N) is 1. The van der Waals surface area contributed by atoms with E-state index in [9.17, 15) is 5.11 Å². The molecule has 1 saturated heterocycles. The minimum absolute atomic E-state index is 0.0509. The predicted molar refractivity (Wildman–Crippen MR) is 90.2 cm³/mol. The van der Waals surface area contributed by atoms with Gasteiger partial charge >= 0.3 is 0 Å². The van der Waals surface area contributed by atoms with E-state index in [1.54, 1.807) is 19.6 Å². The van der Waals surface area contributed by atoms with Gasteiger partial charge in [0.15, 0.2) is 11.5 Å². The number of aliphatic hydroxyl groups is 1. The molecule has 0 amide bonds. The summed E-state index contributed by atoms with van der Waals surface area (Å²) in [6, 6.07) is 5.90. The number of rotatable bonds is 8. The lowest BCUT2D eigenvalue weighted by atomic mass is 10.1. The third-order valence-electron chi connectivity index (χ3n) is 4.17. The Labute approximate surface area is 141 Å². The van der Waals surface area contributed by atoms with Crippen molar-refractivity contribution in [3.8, 4) is 11.5 Å². The fourth-order valence-corrected chi connectivity index (χ4v) is 2.81. The van der Waals surface area contributed by atoms with Gasteiger partial charge in [-0.2, -0.15) is 0 Å². The molecule has 0 aliphatic carbocycles. The summed E-state index contributed by atoms with van der Waals surface area (Å²) in [7, 11) is 1.64. The average molecular weight is 332 g/mol. The summed E-state index contributed by atoms with van der Waals surface area (Å²) in [6.45, 7) is 3.25. The predicted octanol–water partition coefficient (Wildman–Crippen LogP) is 0.393. The molecule has 1 aromatic carbocycles. The number of aliphatic hydroxyl groups excluding tert-OH is 1. The van der Waals surface area contributed by atoms with Crippen LogP contribution in [0.3, 0.4) is 0 Å². The van der Waals surface area contributed by atoms with Crippen molar-refractivity contribution in [2.75, 3.05) is 26.8 Å². The molecule has 0 saturated carbocycles. The highest BCUT2D eigenvalue weighted by atomic mass is 16.5.